The van der Waals surface area contributed by atoms with E-state index in [-0.39, 0.29) is 15.2 Å². The van der Waals surface area contributed by atoms with E-state index in [4.69, 9.17) is 23.2 Å². The van der Waals surface area contributed by atoms with Gasteiger partial charge in [0.15, 0.2) is 0 Å². The minimum absolute atomic E-state index is 0.135. The van der Waals surface area contributed by atoms with Gasteiger partial charge in [-0.25, -0.2) is 9.82 Å². The highest BCUT2D eigenvalue weighted by Gasteiger charge is 2.11. The van der Waals surface area contributed by atoms with Crippen LogP contribution in [0.3, 0.4) is 0 Å². The summed E-state index contributed by atoms with van der Waals surface area (Å²) in [6, 6.07) is 9.45. The number of sulfonamides is 1. The number of nitrogens with one attached hydrogen (secondary N) is 1. The number of benzene rings is 1. The maximum absolute atomic E-state index is 12.0. The second-order valence-corrected chi connectivity index (χ2v) is 6.65. The Kier molecular flexibility index (Phi) is 4.82. The molecule has 0 atom stereocenters. The second-order valence-electron chi connectivity index (χ2n) is 4.21. The SMILES string of the molecule is Cc1ccc(S(=O)(=O)N/N=C/c2cc(Cl)nc(Cl)c2)cc1. The molecule has 8 heteroatoms. The summed E-state index contributed by atoms with van der Waals surface area (Å²) in [5, 5.41) is 4.09. The fourth-order valence-corrected chi connectivity index (χ4v) is 2.77. The Labute approximate surface area is 132 Å². The predicted octanol–water partition coefficient (Wildman–Crippen LogP) is 3.01. The number of aryl methyl sites for hydroxylation is 1. The number of halogens is 2. The number of pyridine rings is 1. The number of hydrogen-bond acceptors (Lipinski definition) is 4. The van der Waals surface area contributed by atoms with Crippen LogP contribution in [0.5, 0.6) is 0 Å². The molecule has 0 saturated carbocycles. The minimum atomic E-state index is -3.70. The quantitative estimate of drug-likeness (QED) is 0.526. The Morgan fingerprint density at radius 3 is 2.29 bits per heavy atom. The van der Waals surface area contributed by atoms with E-state index < -0.39 is 10.0 Å². The molecule has 0 spiro atoms. The lowest BCUT2D eigenvalue weighted by atomic mass is 10.2. The zero-order valence-corrected chi connectivity index (χ0v) is 13.2. The molecule has 0 aliphatic carbocycles. The standard InChI is InChI=1S/C13H11Cl2N3O2S/c1-9-2-4-11(5-3-9)21(19,20)18-16-8-10-6-12(14)17-13(15)7-10/h2-8,18H,1H3/b16-8+. The molecule has 1 heterocycles. The van der Waals surface area contributed by atoms with E-state index in [1.54, 1.807) is 12.1 Å². The van der Waals surface area contributed by atoms with E-state index in [0.29, 0.717) is 5.56 Å². The Hall–Kier alpha value is -1.63. The van der Waals surface area contributed by atoms with Crippen LogP contribution in [0.15, 0.2) is 46.4 Å². The maximum Gasteiger partial charge on any atom is 0.276 e. The van der Waals surface area contributed by atoms with Crippen molar-refractivity contribution < 1.29 is 8.42 Å². The summed E-state index contributed by atoms with van der Waals surface area (Å²) in [5.41, 5.74) is 1.50. The topological polar surface area (TPSA) is 71.4 Å². The van der Waals surface area contributed by atoms with Crippen LogP contribution in [0.4, 0.5) is 0 Å². The summed E-state index contributed by atoms with van der Waals surface area (Å²) < 4.78 is 24.0. The summed E-state index contributed by atoms with van der Waals surface area (Å²) in [5.74, 6) is 0. The molecule has 5 nitrogen and oxygen atoms in total. The van der Waals surface area contributed by atoms with E-state index in [9.17, 15) is 8.42 Å². The summed E-state index contributed by atoms with van der Waals surface area (Å²) in [6.45, 7) is 1.87. The number of rotatable bonds is 4. The third kappa shape index (κ3) is 4.42. The van der Waals surface area contributed by atoms with Crippen LogP contribution in [0, 0.1) is 6.92 Å². The first-order valence-electron chi connectivity index (χ1n) is 5.81. The van der Waals surface area contributed by atoms with Crippen LogP contribution in [0.1, 0.15) is 11.1 Å². The summed E-state index contributed by atoms with van der Waals surface area (Å²) >= 11 is 11.5. The Morgan fingerprint density at radius 1 is 1.14 bits per heavy atom. The molecule has 2 rings (SSSR count). The zero-order valence-electron chi connectivity index (χ0n) is 10.9. The molecule has 0 fully saturated rings. The second kappa shape index (κ2) is 6.43. The predicted molar refractivity (Wildman–Crippen MR) is 83.4 cm³/mol. The van der Waals surface area contributed by atoms with Crippen LogP contribution in [-0.2, 0) is 10.0 Å². The van der Waals surface area contributed by atoms with Crippen molar-refractivity contribution in [2.45, 2.75) is 11.8 Å². The molecule has 2 aromatic rings. The number of aromatic nitrogens is 1. The number of hydrazone groups is 1. The molecular formula is C13H11Cl2N3O2S. The van der Waals surface area contributed by atoms with Crippen molar-refractivity contribution in [2.24, 2.45) is 5.10 Å². The molecule has 0 bridgehead atoms. The molecule has 1 aromatic heterocycles. The fourth-order valence-electron chi connectivity index (χ4n) is 1.50. The van der Waals surface area contributed by atoms with Gasteiger partial charge in [-0.15, -0.1) is 0 Å². The van der Waals surface area contributed by atoms with Gasteiger partial charge in [0.2, 0.25) is 0 Å². The van der Waals surface area contributed by atoms with E-state index in [0.717, 1.165) is 5.56 Å². The summed E-state index contributed by atoms with van der Waals surface area (Å²) in [4.78, 5) is 6.03. The van der Waals surface area contributed by atoms with Crippen molar-refractivity contribution in [3.05, 3.63) is 57.8 Å². The van der Waals surface area contributed by atoms with Gasteiger partial charge in [0.05, 0.1) is 11.1 Å². The highest BCUT2D eigenvalue weighted by molar-refractivity contribution is 7.89. The van der Waals surface area contributed by atoms with Gasteiger partial charge in [-0.05, 0) is 31.2 Å². The molecule has 0 unspecified atom stereocenters. The van der Waals surface area contributed by atoms with Crippen LogP contribution in [-0.4, -0.2) is 19.6 Å². The first-order chi connectivity index (χ1) is 9.87. The van der Waals surface area contributed by atoms with Crippen molar-refractivity contribution >= 4 is 39.4 Å². The number of nitrogens with zero attached hydrogens (tertiary/aromatic N) is 2. The van der Waals surface area contributed by atoms with Crippen LogP contribution in [0.2, 0.25) is 10.3 Å². The van der Waals surface area contributed by atoms with Gasteiger partial charge in [-0.2, -0.15) is 13.5 Å². The average Bonchev–Trinajstić information content (AvgIpc) is 2.37. The molecule has 0 aliphatic heterocycles. The number of hydrogen-bond donors (Lipinski definition) is 1. The highest BCUT2D eigenvalue weighted by Crippen LogP contribution is 2.13. The summed E-state index contributed by atoms with van der Waals surface area (Å²) in [6.07, 6.45) is 1.30. The molecular weight excluding hydrogens is 333 g/mol. The minimum Gasteiger partial charge on any atom is -0.224 e. The van der Waals surface area contributed by atoms with Gasteiger partial charge < -0.3 is 0 Å². The summed E-state index contributed by atoms with van der Waals surface area (Å²) in [7, 11) is -3.70. The molecule has 0 amide bonds. The third-order valence-corrected chi connectivity index (χ3v) is 4.13. The van der Waals surface area contributed by atoms with Gasteiger partial charge in [0.25, 0.3) is 10.0 Å². The molecule has 21 heavy (non-hydrogen) atoms. The lowest BCUT2D eigenvalue weighted by Crippen LogP contribution is -2.18. The molecule has 0 aliphatic rings. The molecule has 1 aromatic carbocycles. The smallest absolute Gasteiger partial charge is 0.224 e. The molecule has 0 radical (unpaired) electrons. The molecule has 1 N–H and O–H groups in total. The fraction of sp³-hybridized carbons (Fsp3) is 0.0769. The van der Waals surface area contributed by atoms with Crippen molar-refractivity contribution in [2.75, 3.05) is 0 Å². The highest BCUT2D eigenvalue weighted by atomic mass is 35.5. The van der Waals surface area contributed by atoms with Gasteiger partial charge in [-0.3, -0.25) is 0 Å². The lowest BCUT2D eigenvalue weighted by molar-refractivity contribution is 0.584. The van der Waals surface area contributed by atoms with Gasteiger partial charge in [0, 0.05) is 5.56 Å². The van der Waals surface area contributed by atoms with E-state index in [1.807, 2.05) is 6.92 Å². The molecule has 110 valence electrons. The van der Waals surface area contributed by atoms with E-state index >= 15 is 0 Å². The van der Waals surface area contributed by atoms with E-state index in [2.05, 4.69) is 14.9 Å². The average molecular weight is 344 g/mol. The zero-order chi connectivity index (χ0) is 15.5. The van der Waals surface area contributed by atoms with Gasteiger partial charge in [0.1, 0.15) is 10.3 Å². The van der Waals surface area contributed by atoms with Crippen LogP contribution >= 0.6 is 23.2 Å². The normalized spacial score (nSPS) is 11.8. The van der Waals surface area contributed by atoms with Gasteiger partial charge >= 0.3 is 0 Å². The largest absolute Gasteiger partial charge is 0.276 e. The van der Waals surface area contributed by atoms with Crippen molar-refractivity contribution in [1.29, 1.82) is 0 Å². The first-order valence-corrected chi connectivity index (χ1v) is 8.05. The van der Waals surface area contributed by atoms with Crippen molar-refractivity contribution in [3.8, 4) is 0 Å². The Balaban J connectivity index is 2.14. The van der Waals surface area contributed by atoms with Crippen LogP contribution < -0.4 is 4.83 Å². The van der Waals surface area contributed by atoms with Gasteiger partial charge in [-0.1, -0.05) is 40.9 Å². The van der Waals surface area contributed by atoms with Crippen molar-refractivity contribution in [1.82, 2.24) is 9.82 Å². The third-order valence-electron chi connectivity index (χ3n) is 2.50. The monoisotopic (exact) mass is 343 g/mol. The van der Waals surface area contributed by atoms with Crippen LogP contribution in [0.25, 0.3) is 0 Å². The van der Waals surface area contributed by atoms with Crippen molar-refractivity contribution in [3.63, 3.8) is 0 Å². The Morgan fingerprint density at radius 2 is 1.71 bits per heavy atom. The lowest BCUT2D eigenvalue weighted by Gasteiger charge is -2.03. The first kappa shape index (κ1) is 15.8. The molecule has 0 saturated heterocycles. The maximum atomic E-state index is 12.0. The van der Waals surface area contributed by atoms with E-state index in [1.165, 1.54) is 30.5 Å². The Bertz CT molecular complexity index is 754.